The Morgan fingerprint density at radius 1 is 1.10 bits per heavy atom. The van der Waals surface area contributed by atoms with Crippen LogP contribution < -0.4 is 4.31 Å². The molecule has 0 fully saturated rings. The molecule has 1 aliphatic rings. The molecule has 0 aliphatic carbocycles. The third kappa shape index (κ3) is 4.99. The highest BCUT2D eigenvalue weighted by Crippen LogP contribution is 2.31. The maximum absolute atomic E-state index is 13.5. The van der Waals surface area contributed by atoms with Crippen molar-refractivity contribution in [2.24, 2.45) is 0 Å². The fourth-order valence-corrected chi connectivity index (χ4v) is 5.82. The molecule has 0 atom stereocenters. The van der Waals surface area contributed by atoms with Crippen LogP contribution in [0.2, 0.25) is 0 Å². The van der Waals surface area contributed by atoms with Gasteiger partial charge in [-0.3, -0.25) is 9.10 Å². The summed E-state index contributed by atoms with van der Waals surface area (Å²) in [6.45, 7) is 3.68. The van der Waals surface area contributed by atoms with Crippen molar-refractivity contribution in [2.45, 2.75) is 26.3 Å². The van der Waals surface area contributed by atoms with Crippen LogP contribution in [0.3, 0.4) is 0 Å². The summed E-state index contributed by atoms with van der Waals surface area (Å²) in [7, 11) is -3.30. The van der Waals surface area contributed by atoms with Gasteiger partial charge in [0.25, 0.3) is 5.91 Å². The minimum atomic E-state index is -3.30. The lowest BCUT2D eigenvalue weighted by molar-refractivity contribution is 0.0746. The van der Waals surface area contributed by atoms with Crippen molar-refractivity contribution in [1.82, 2.24) is 4.90 Å². The van der Waals surface area contributed by atoms with Crippen LogP contribution in [0.4, 0.5) is 5.69 Å². The average molecular weight is 455 g/mol. The Morgan fingerprint density at radius 3 is 2.55 bits per heavy atom. The topological polar surface area (TPSA) is 57.7 Å². The van der Waals surface area contributed by atoms with Gasteiger partial charge in [-0.25, -0.2) is 8.42 Å². The second-order valence-electron chi connectivity index (χ2n) is 7.90. The first-order valence-electron chi connectivity index (χ1n) is 10.3. The minimum absolute atomic E-state index is 0.0254. The molecule has 7 heteroatoms. The second kappa shape index (κ2) is 8.85. The number of hydrogen-bond acceptors (Lipinski definition) is 4. The number of sulfonamides is 1. The van der Waals surface area contributed by atoms with Crippen LogP contribution in [-0.4, -0.2) is 38.6 Å². The van der Waals surface area contributed by atoms with Gasteiger partial charge in [0.05, 0.1) is 18.5 Å². The zero-order valence-electron chi connectivity index (χ0n) is 17.7. The Kier molecular flexibility index (Phi) is 6.16. The Hall–Kier alpha value is -2.64. The van der Waals surface area contributed by atoms with E-state index in [0.29, 0.717) is 37.3 Å². The summed E-state index contributed by atoms with van der Waals surface area (Å²) in [6, 6.07) is 19.7. The number of thiophene rings is 1. The van der Waals surface area contributed by atoms with E-state index in [4.69, 9.17) is 0 Å². The van der Waals surface area contributed by atoms with Crippen molar-refractivity contribution in [3.63, 3.8) is 0 Å². The van der Waals surface area contributed by atoms with Crippen molar-refractivity contribution >= 4 is 33.0 Å². The van der Waals surface area contributed by atoms with Crippen molar-refractivity contribution in [2.75, 3.05) is 23.7 Å². The van der Waals surface area contributed by atoms with E-state index in [1.54, 1.807) is 23.5 Å². The molecule has 5 nitrogen and oxygen atoms in total. The van der Waals surface area contributed by atoms with Gasteiger partial charge in [0.15, 0.2) is 0 Å². The van der Waals surface area contributed by atoms with Crippen molar-refractivity contribution in [1.29, 1.82) is 0 Å². The Morgan fingerprint density at radius 2 is 1.87 bits per heavy atom. The Labute approximate surface area is 188 Å². The molecule has 0 radical (unpaired) electrons. The summed E-state index contributed by atoms with van der Waals surface area (Å²) in [5.41, 5.74) is 3.39. The predicted octanol–water partition coefficient (Wildman–Crippen LogP) is 4.26. The lowest BCUT2D eigenvalue weighted by Gasteiger charge is -2.23. The van der Waals surface area contributed by atoms with Crippen LogP contribution in [0.25, 0.3) is 0 Å². The van der Waals surface area contributed by atoms with E-state index in [1.807, 2.05) is 29.2 Å². The van der Waals surface area contributed by atoms with Crippen molar-refractivity contribution in [3.8, 4) is 0 Å². The first kappa shape index (κ1) is 21.6. The molecule has 162 valence electrons. The molecule has 4 rings (SSSR count). The van der Waals surface area contributed by atoms with Crippen LogP contribution in [0.15, 0.2) is 60.7 Å². The van der Waals surface area contributed by atoms with Crippen LogP contribution in [0, 0.1) is 6.92 Å². The normalized spacial score (nSPS) is 13.3. The molecule has 3 aromatic rings. The van der Waals surface area contributed by atoms with Gasteiger partial charge >= 0.3 is 0 Å². The summed E-state index contributed by atoms with van der Waals surface area (Å²) in [5.74, 6) is -0.0254. The van der Waals surface area contributed by atoms with Crippen LogP contribution in [-0.2, 0) is 29.4 Å². The van der Waals surface area contributed by atoms with Crippen LogP contribution >= 0.6 is 11.3 Å². The number of fused-ring (bicyclic) bond motifs is 1. The largest absolute Gasteiger partial charge is 0.333 e. The molecule has 0 saturated heterocycles. The van der Waals surface area contributed by atoms with Gasteiger partial charge in [-0.15, -0.1) is 11.3 Å². The number of amides is 1. The average Bonchev–Trinajstić information content (AvgIpc) is 3.36. The lowest BCUT2D eigenvalue weighted by Crippen LogP contribution is -2.32. The molecule has 31 heavy (non-hydrogen) atoms. The summed E-state index contributed by atoms with van der Waals surface area (Å²) < 4.78 is 25.4. The fourth-order valence-electron chi connectivity index (χ4n) is 3.95. The number of nitrogens with zero attached hydrogens (tertiary/aromatic N) is 2. The zero-order chi connectivity index (χ0) is 22.0. The standard InChI is InChI=1S/C24H26N2O3S2/c1-18-8-10-22(30-18)17-25(14-12-19-6-4-3-5-7-19)24(27)21-9-11-23-20(16-21)13-15-26(23)31(2,28)29/h3-11,16H,12-15,17H2,1-2H3. The monoisotopic (exact) mass is 454 g/mol. The SMILES string of the molecule is Cc1ccc(CN(CCc2ccccc2)C(=O)c2ccc3c(c2)CCN3S(C)(=O)=O)s1. The van der Waals surface area contributed by atoms with E-state index in [9.17, 15) is 13.2 Å². The number of carbonyl (C=O) groups is 1. The molecule has 0 bridgehead atoms. The van der Waals surface area contributed by atoms with E-state index in [0.717, 1.165) is 16.9 Å². The molecule has 1 aliphatic heterocycles. The molecule has 2 aromatic carbocycles. The van der Waals surface area contributed by atoms with E-state index in [2.05, 4.69) is 31.2 Å². The third-order valence-corrected chi connectivity index (χ3v) is 7.69. The van der Waals surface area contributed by atoms with Gasteiger partial charge in [-0.2, -0.15) is 0 Å². The predicted molar refractivity (Wildman–Crippen MR) is 126 cm³/mol. The highest BCUT2D eigenvalue weighted by Gasteiger charge is 2.27. The number of hydrogen-bond donors (Lipinski definition) is 0. The summed E-state index contributed by atoms with van der Waals surface area (Å²) in [5, 5.41) is 0. The van der Waals surface area contributed by atoms with Crippen molar-refractivity contribution in [3.05, 3.63) is 87.1 Å². The first-order valence-corrected chi connectivity index (χ1v) is 13.0. The van der Waals surface area contributed by atoms with Gasteiger partial charge < -0.3 is 4.90 Å². The zero-order valence-corrected chi connectivity index (χ0v) is 19.4. The minimum Gasteiger partial charge on any atom is -0.333 e. The molecule has 0 spiro atoms. The first-order chi connectivity index (χ1) is 14.8. The molecule has 0 saturated carbocycles. The third-order valence-electron chi connectivity index (χ3n) is 5.52. The second-order valence-corrected chi connectivity index (χ2v) is 11.2. The molecule has 0 unspecified atom stereocenters. The van der Waals surface area contributed by atoms with E-state index >= 15 is 0 Å². The highest BCUT2D eigenvalue weighted by atomic mass is 32.2. The van der Waals surface area contributed by atoms with Crippen molar-refractivity contribution < 1.29 is 13.2 Å². The number of benzene rings is 2. The van der Waals surface area contributed by atoms with Gasteiger partial charge in [-0.05, 0) is 61.2 Å². The number of rotatable bonds is 7. The maximum atomic E-state index is 13.5. The molecular weight excluding hydrogens is 428 g/mol. The quantitative estimate of drug-likeness (QED) is 0.536. The lowest BCUT2D eigenvalue weighted by atomic mass is 10.1. The fraction of sp³-hybridized carbons (Fsp3) is 0.292. The number of carbonyl (C=O) groups excluding carboxylic acids is 1. The van der Waals surface area contributed by atoms with Gasteiger partial charge in [0.2, 0.25) is 10.0 Å². The highest BCUT2D eigenvalue weighted by molar-refractivity contribution is 7.92. The van der Waals surface area contributed by atoms with E-state index < -0.39 is 10.0 Å². The molecule has 2 heterocycles. The van der Waals surface area contributed by atoms with Crippen LogP contribution in [0.1, 0.15) is 31.2 Å². The Bertz CT molecular complexity index is 1190. The molecule has 1 aromatic heterocycles. The van der Waals surface area contributed by atoms with Gasteiger partial charge in [0, 0.05) is 28.4 Å². The molecule has 1 amide bonds. The maximum Gasteiger partial charge on any atom is 0.254 e. The smallest absolute Gasteiger partial charge is 0.254 e. The van der Waals surface area contributed by atoms with E-state index in [-0.39, 0.29) is 5.91 Å². The number of anilines is 1. The van der Waals surface area contributed by atoms with Gasteiger partial charge in [-0.1, -0.05) is 30.3 Å². The van der Waals surface area contributed by atoms with E-state index in [1.165, 1.54) is 21.0 Å². The molecular formula is C24H26N2O3S2. The summed E-state index contributed by atoms with van der Waals surface area (Å²) in [4.78, 5) is 17.7. The van der Waals surface area contributed by atoms with Crippen LogP contribution in [0.5, 0.6) is 0 Å². The summed E-state index contributed by atoms with van der Waals surface area (Å²) in [6.07, 6.45) is 2.62. The Balaban J connectivity index is 1.57. The number of aryl methyl sites for hydroxylation is 1. The summed E-state index contributed by atoms with van der Waals surface area (Å²) >= 11 is 1.71. The molecule has 0 N–H and O–H groups in total. The van der Waals surface area contributed by atoms with Gasteiger partial charge in [0.1, 0.15) is 0 Å².